The van der Waals surface area contributed by atoms with Crippen molar-refractivity contribution in [2.24, 2.45) is 23.7 Å². The van der Waals surface area contributed by atoms with Crippen LogP contribution in [0.3, 0.4) is 0 Å². The molecule has 546 valence electrons. The summed E-state index contributed by atoms with van der Waals surface area (Å²) in [5, 5.41) is 10.6. The number of unbranched alkanes of at least 4 members (excludes halogenated alkanes) is 36. The van der Waals surface area contributed by atoms with Gasteiger partial charge in [0.05, 0.1) is 26.4 Å². The highest BCUT2D eigenvalue weighted by Crippen LogP contribution is 2.45. The summed E-state index contributed by atoms with van der Waals surface area (Å²) in [6.45, 7) is 14.1. The molecule has 0 spiro atoms. The fourth-order valence-corrected chi connectivity index (χ4v) is 12.6. The van der Waals surface area contributed by atoms with Gasteiger partial charge in [0.15, 0.2) is 12.2 Å². The van der Waals surface area contributed by atoms with Gasteiger partial charge in [-0.25, -0.2) is 9.13 Å². The third kappa shape index (κ3) is 66.7. The minimum Gasteiger partial charge on any atom is -0.462 e. The summed E-state index contributed by atoms with van der Waals surface area (Å²) < 4.78 is 68.4. The Bertz CT molecular complexity index is 1820. The van der Waals surface area contributed by atoms with E-state index in [1.807, 2.05) is 0 Å². The van der Waals surface area contributed by atoms with Crippen LogP contribution in [0.4, 0.5) is 0 Å². The molecule has 0 rings (SSSR count). The van der Waals surface area contributed by atoms with E-state index in [0.717, 1.165) is 114 Å². The molecule has 92 heavy (non-hydrogen) atoms. The lowest BCUT2D eigenvalue weighted by Gasteiger charge is -2.21. The Morgan fingerprint density at radius 2 is 0.457 bits per heavy atom. The molecule has 0 saturated heterocycles. The molecular weight excluding hydrogens is 1210 g/mol. The van der Waals surface area contributed by atoms with Gasteiger partial charge in [0, 0.05) is 25.7 Å². The molecule has 0 aliphatic carbocycles. The maximum absolute atomic E-state index is 13.0. The van der Waals surface area contributed by atoms with Crippen LogP contribution in [0.1, 0.15) is 364 Å². The van der Waals surface area contributed by atoms with Gasteiger partial charge in [-0.2, -0.15) is 0 Å². The Morgan fingerprint density at radius 1 is 0.272 bits per heavy atom. The van der Waals surface area contributed by atoms with Crippen molar-refractivity contribution in [1.82, 2.24) is 0 Å². The number of hydrogen-bond donors (Lipinski definition) is 3. The highest BCUT2D eigenvalue weighted by Gasteiger charge is 2.30. The Morgan fingerprint density at radius 3 is 0.674 bits per heavy atom. The van der Waals surface area contributed by atoms with Crippen molar-refractivity contribution in [3.05, 3.63) is 0 Å². The van der Waals surface area contributed by atoms with Gasteiger partial charge in [0.25, 0.3) is 0 Å². The van der Waals surface area contributed by atoms with Crippen LogP contribution in [-0.4, -0.2) is 96.7 Å². The van der Waals surface area contributed by atoms with Crippen LogP contribution in [0.2, 0.25) is 0 Å². The molecule has 0 aromatic rings. The van der Waals surface area contributed by atoms with E-state index in [2.05, 4.69) is 55.4 Å². The first-order valence-corrected chi connectivity index (χ1v) is 40.7. The lowest BCUT2D eigenvalue weighted by molar-refractivity contribution is -0.161. The maximum atomic E-state index is 13.0. The smallest absolute Gasteiger partial charge is 0.462 e. The van der Waals surface area contributed by atoms with Crippen LogP contribution in [0.15, 0.2) is 0 Å². The molecule has 3 unspecified atom stereocenters. The summed E-state index contributed by atoms with van der Waals surface area (Å²) in [7, 11) is -9.91. The maximum Gasteiger partial charge on any atom is 0.472 e. The highest BCUT2D eigenvalue weighted by atomic mass is 31.2. The second-order valence-electron chi connectivity index (χ2n) is 28.2. The Labute approximate surface area is 562 Å². The van der Waals surface area contributed by atoms with E-state index in [1.54, 1.807) is 0 Å². The number of esters is 4. The van der Waals surface area contributed by atoms with Crippen molar-refractivity contribution in [2.75, 3.05) is 39.6 Å². The summed E-state index contributed by atoms with van der Waals surface area (Å²) in [5.74, 6) is 0.880. The summed E-state index contributed by atoms with van der Waals surface area (Å²) in [6, 6.07) is 0. The van der Waals surface area contributed by atoms with Gasteiger partial charge in [-0.05, 0) is 49.4 Å². The van der Waals surface area contributed by atoms with Gasteiger partial charge in [0.1, 0.15) is 19.3 Å². The highest BCUT2D eigenvalue weighted by molar-refractivity contribution is 7.47. The fourth-order valence-electron chi connectivity index (χ4n) is 11.0. The van der Waals surface area contributed by atoms with E-state index in [1.165, 1.54) is 161 Å². The molecule has 19 heteroatoms. The van der Waals surface area contributed by atoms with Gasteiger partial charge < -0.3 is 33.8 Å². The number of phosphoric ester groups is 2. The number of rotatable bonds is 70. The Kier molecular flexibility index (Phi) is 61.3. The number of carbonyl (C=O) groups excluding carboxylic acids is 4. The fraction of sp³-hybridized carbons (Fsp3) is 0.945. The van der Waals surface area contributed by atoms with Crippen molar-refractivity contribution < 1.29 is 80.2 Å². The van der Waals surface area contributed by atoms with E-state index in [-0.39, 0.29) is 25.7 Å². The molecule has 0 fully saturated rings. The minimum atomic E-state index is -4.95. The topological polar surface area (TPSA) is 237 Å². The number of hydrogen-bond acceptors (Lipinski definition) is 15. The second-order valence-corrected chi connectivity index (χ2v) is 31.1. The second kappa shape index (κ2) is 62.6. The van der Waals surface area contributed by atoms with Gasteiger partial charge in [-0.15, -0.1) is 0 Å². The minimum absolute atomic E-state index is 0.105. The predicted octanol–water partition coefficient (Wildman–Crippen LogP) is 20.9. The molecular formula is C73H142O17P2. The van der Waals surface area contributed by atoms with Crippen LogP contribution in [-0.2, 0) is 65.4 Å². The third-order valence-corrected chi connectivity index (χ3v) is 18.7. The van der Waals surface area contributed by atoms with Crippen LogP contribution in [0, 0.1) is 23.7 Å². The Balaban J connectivity index is 5.26. The number of carbonyl (C=O) groups is 4. The molecule has 0 saturated carbocycles. The van der Waals surface area contributed by atoms with Crippen LogP contribution < -0.4 is 0 Å². The zero-order valence-corrected chi connectivity index (χ0v) is 62.0. The van der Waals surface area contributed by atoms with Crippen molar-refractivity contribution in [3.8, 4) is 0 Å². The summed E-state index contributed by atoms with van der Waals surface area (Å²) in [4.78, 5) is 72.7. The molecule has 0 aliphatic rings. The number of ether oxygens (including phenoxy) is 4. The largest absolute Gasteiger partial charge is 0.472 e. The molecule has 0 aliphatic heterocycles. The first kappa shape index (κ1) is 90.1. The monoisotopic (exact) mass is 1350 g/mol. The molecule has 0 aromatic carbocycles. The van der Waals surface area contributed by atoms with E-state index < -0.39 is 97.5 Å². The zero-order valence-electron chi connectivity index (χ0n) is 60.2. The van der Waals surface area contributed by atoms with Gasteiger partial charge >= 0.3 is 39.5 Å². The quantitative estimate of drug-likeness (QED) is 0.0222. The first-order valence-electron chi connectivity index (χ1n) is 37.7. The SMILES string of the molecule is CC(C)CCCCCCCCCCCCCCC(=O)O[C@H](COC(=O)CCCCCCCCCC(C)C)COP(=O)(O)OCC(O)COP(=O)(O)OC[C@@H](COC(=O)CCCCCCCCCCCCCC(C)C)OC(=O)CCCCCCCCCCCCC(C)C. The summed E-state index contributed by atoms with van der Waals surface area (Å²) in [5.41, 5.74) is 0. The summed E-state index contributed by atoms with van der Waals surface area (Å²) >= 11 is 0. The predicted molar refractivity (Wildman–Crippen MR) is 372 cm³/mol. The van der Waals surface area contributed by atoms with E-state index in [4.69, 9.17) is 37.0 Å². The van der Waals surface area contributed by atoms with Crippen molar-refractivity contribution >= 4 is 39.5 Å². The number of aliphatic hydroxyl groups is 1. The van der Waals surface area contributed by atoms with Crippen molar-refractivity contribution in [3.63, 3.8) is 0 Å². The average Bonchev–Trinajstić information content (AvgIpc) is 1.36. The van der Waals surface area contributed by atoms with E-state index in [9.17, 15) is 43.2 Å². The molecule has 5 atom stereocenters. The van der Waals surface area contributed by atoms with E-state index in [0.29, 0.717) is 31.6 Å². The van der Waals surface area contributed by atoms with Gasteiger partial charge in [0.2, 0.25) is 0 Å². The standard InChI is InChI=1S/C73H142O17P2/c1-63(2)49-41-33-25-18-12-9-10-14-22-30-39-47-55-72(77)90-69(60-84-71(76)54-46-38-32-24-28-36-44-52-66(7)8)62-88-92(81,82)86-58-67(74)57-85-91(79,80)87-61-68(89-73(78)56-48-40-31-23-17-16-20-27-35-43-51-65(5)6)59-83-70(75)53-45-37-29-21-15-11-13-19-26-34-42-50-64(3)4/h63-69,74H,9-62H2,1-8H3,(H,79,80)(H,81,82)/t67?,68-,69-/m1/s1. The average molecular weight is 1350 g/mol. The normalized spacial score (nSPS) is 14.2. The van der Waals surface area contributed by atoms with Crippen LogP contribution in [0.25, 0.3) is 0 Å². The third-order valence-electron chi connectivity index (χ3n) is 16.8. The van der Waals surface area contributed by atoms with Crippen molar-refractivity contribution in [2.45, 2.75) is 382 Å². The molecule has 0 radical (unpaired) electrons. The first-order chi connectivity index (χ1) is 44.1. The number of phosphoric acid groups is 2. The Hall–Kier alpha value is -1.94. The molecule has 0 amide bonds. The van der Waals surface area contributed by atoms with Gasteiger partial charge in [-0.3, -0.25) is 37.3 Å². The van der Waals surface area contributed by atoms with Crippen LogP contribution in [0.5, 0.6) is 0 Å². The lowest BCUT2D eigenvalue weighted by atomic mass is 10.0. The van der Waals surface area contributed by atoms with Crippen LogP contribution >= 0.6 is 15.6 Å². The number of aliphatic hydroxyl groups excluding tert-OH is 1. The zero-order chi connectivity index (χ0) is 68.2. The van der Waals surface area contributed by atoms with E-state index >= 15 is 0 Å². The molecule has 3 N–H and O–H groups in total. The molecule has 0 heterocycles. The lowest BCUT2D eigenvalue weighted by Crippen LogP contribution is -2.30. The molecule has 17 nitrogen and oxygen atoms in total. The summed E-state index contributed by atoms with van der Waals surface area (Å²) in [6.07, 6.45) is 45.8. The van der Waals surface area contributed by atoms with Crippen molar-refractivity contribution in [1.29, 1.82) is 0 Å². The molecule has 0 bridgehead atoms. The molecule has 0 aromatic heterocycles. The van der Waals surface area contributed by atoms with Gasteiger partial charge in [-0.1, -0.05) is 312 Å².